The first-order valence-corrected chi connectivity index (χ1v) is 7.76. The number of carbonyl (C=O) groups excluding carboxylic acids is 1. The lowest BCUT2D eigenvalue weighted by atomic mass is 10.2. The van der Waals surface area contributed by atoms with Crippen LogP contribution in [0.15, 0.2) is 54.7 Å². The summed E-state index contributed by atoms with van der Waals surface area (Å²) in [5, 5.41) is 5.67. The number of pyridine rings is 1. The lowest BCUT2D eigenvalue weighted by Crippen LogP contribution is -2.15. The molecule has 0 atom stereocenters. The average Bonchev–Trinajstić information content (AvgIpc) is 2.64. The number of para-hydroxylation sites is 1. The summed E-state index contributed by atoms with van der Waals surface area (Å²) in [6, 6.07) is 11.7. The number of benzene rings is 2. The number of nitrogens with one attached hydrogen (secondary N) is 2. The van der Waals surface area contributed by atoms with Gasteiger partial charge in [-0.05, 0) is 36.4 Å². The molecule has 0 fully saturated rings. The summed E-state index contributed by atoms with van der Waals surface area (Å²) >= 11 is 6.06. The van der Waals surface area contributed by atoms with Crippen molar-refractivity contribution in [2.24, 2.45) is 0 Å². The standard InChI is InChI=1S/C18H11ClF3N3O/c19-11-3-1-2-4-13(11)24-10-7-8-23-15(9-10)18(26)25-14-6-5-12(20)16(21)17(14)22/h1-9H,(H,23,24)(H,25,26). The molecule has 0 saturated carbocycles. The SMILES string of the molecule is O=C(Nc1ccc(F)c(F)c1F)c1cc(Nc2ccccc2Cl)ccn1. The molecule has 1 aromatic heterocycles. The number of halogens is 4. The molecule has 26 heavy (non-hydrogen) atoms. The molecule has 0 aliphatic heterocycles. The van der Waals surface area contributed by atoms with E-state index in [0.717, 1.165) is 12.1 Å². The van der Waals surface area contributed by atoms with Gasteiger partial charge in [-0.2, -0.15) is 0 Å². The fourth-order valence-corrected chi connectivity index (χ4v) is 2.34. The third kappa shape index (κ3) is 3.78. The zero-order valence-electron chi connectivity index (χ0n) is 13.1. The maximum Gasteiger partial charge on any atom is 0.274 e. The topological polar surface area (TPSA) is 54.0 Å². The van der Waals surface area contributed by atoms with E-state index in [2.05, 4.69) is 15.6 Å². The highest BCUT2D eigenvalue weighted by molar-refractivity contribution is 6.33. The van der Waals surface area contributed by atoms with Gasteiger partial charge in [-0.1, -0.05) is 23.7 Å². The molecule has 2 aromatic carbocycles. The van der Waals surface area contributed by atoms with Crippen molar-refractivity contribution in [2.75, 3.05) is 10.6 Å². The van der Waals surface area contributed by atoms with E-state index in [1.54, 1.807) is 30.3 Å². The summed E-state index contributed by atoms with van der Waals surface area (Å²) in [6.07, 6.45) is 1.37. The molecule has 0 bridgehead atoms. The number of rotatable bonds is 4. The van der Waals surface area contributed by atoms with Crippen LogP contribution in [0.1, 0.15) is 10.5 Å². The second-order valence-corrected chi connectivity index (χ2v) is 5.62. The maximum absolute atomic E-state index is 13.7. The monoisotopic (exact) mass is 377 g/mol. The smallest absolute Gasteiger partial charge is 0.274 e. The molecule has 0 unspecified atom stereocenters. The van der Waals surface area contributed by atoms with Crippen LogP contribution in [-0.4, -0.2) is 10.9 Å². The van der Waals surface area contributed by atoms with Crippen LogP contribution in [-0.2, 0) is 0 Å². The van der Waals surface area contributed by atoms with Crippen molar-refractivity contribution in [3.05, 3.63) is 82.9 Å². The molecule has 1 heterocycles. The molecule has 3 aromatic rings. The maximum atomic E-state index is 13.7. The second-order valence-electron chi connectivity index (χ2n) is 5.21. The third-order valence-electron chi connectivity index (χ3n) is 3.43. The number of carbonyl (C=O) groups is 1. The summed E-state index contributed by atoms with van der Waals surface area (Å²) in [7, 11) is 0. The molecule has 0 saturated heterocycles. The first-order chi connectivity index (χ1) is 12.5. The van der Waals surface area contributed by atoms with Crippen LogP contribution in [0.3, 0.4) is 0 Å². The first-order valence-electron chi connectivity index (χ1n) is 7.38. The molecular weight excluding hydrogens is 367 g/mol. The largest absolute Gasteiger partial charge is 0.354 e. The Morgan fingerprint density at radius 3 is 2.50 bits per heavy atom. The molecule has 0 radical (unpaired) electrons. The summed E-state index contributed by atoms with van der Waals surface area (Å²) in [4.78, 5) is 16.1. The Bertz CT molecular complexity index is 982. The number of hydrogen-bond donors (Lipinski definition) is 2. The Labute approximate surface area is 151 Å². The van der Waals surface area contributed by atoms with Gasteiger partial charge in [0.05, 0.1) is 16.4 Å². The average molecular weight is 378 g/mol. The first kappa shape index (κ1) is 17.8. The molecule has 0 aliphatic rings. The highest BCUT2D eigenvalue weighted by Gasteiger charge is 2.17. The summed E-state index contributed by atoms with van der Waals surface area (Å²) < 4.78 is 39.9. The van der Waals surface area contributed by atoms with E-state index in [0.29, 0.717) is 16.4 Å². The van der Waals surface area contributed by atoms with E-state index in [-0.39, 0.29) is 5.69 Å². The molecule has 4 nitrogen and oxygen atoms in total. The minimum atomic E-state index is -1.66. The predicted octanol–water partition coefficient (Wildman–Crippen LogP) is 5.15. The summed E-state index contributed by atoms with van der Waals surface area (Å²) in [5.74, 6) is -5.27. The Hall–Kier alpha value is -3.06. The van der Waals surface area contributed by atoms with Gasteiger partial charge in [0.2, 0.25) is 0 Å². The van der Waals surface area contributed by atoms with E-state index >= 15 is 0 Å². The van der Waals surface area contributed by atoms with Crippen LogP contribution in [0.4, 0.5) is 30.2 Å². The van der Waals surface area contributed by atoms with Crippen LogP contribution in [0, 0.1) is 17.5 Å². The van der Waals surface area contributed by atoms with Gasteiger partial charge in [-0.3, -0.25) is 9.78 Å². The highest BCUT2D eigenvalue weighted by atomic mass is 35.5. The van der Waals surface area contributed by atoms with Crippen molar-refractivity contribution in [1.82, 2.24) is 4.98 Å². The van der Waals surface area contributed by atoms with Crippen molar-refractivity contribution in [2.45, 2.75) is 0 Å². The summed E-state index contributed by atoms with van der Waals surface area (Å²) in [6.45, 7) is 0. The van der Waals surface area contributed by atoms with Crippen LogP contribution in [0.5, 0.6) is 0 Å². The van der Waals surface area contributed by atoms with Crippen LogP contribution >= 0.6 is 11.6 Å². The van der Waals surface area contributed by atoms with Gasteiger partial charge >= 0.3 is 0 Å². The number of anilines is 3. The number of hydrogen-bond acceptors (Lipinski definition) is 3. The molecular formula is C18H11ClF3N3O. The molecule has 8 heteroatoms. The van der Waals surface area contributed by atoms with Crippen LogP contribution in [0.25, 0.3) is 0 Å². The quantitative estimate of drug-likeness (QED) is 0.618. The van der Waals surface area contributed by atoms with Crippen molar-refractivity contribution in [3.8, 4) is 0 Å². The number of nitrogens with zero attached hydrogens (tertiary/aromatic N) is 1. The second kappa shape index (κ2) is 7.45. The highest BCUT2D eigenvalue weighted by Crippen LogP contribution is 2.25. The fraction of sp³-hybridized carbons (Fsp3) is 0. The normalized spacial score (nSPS) is 10.5. The Morgan fingerprint density at radius 2 is 1.73 bits per heavy atom. The van der Waals surface area contributed by atoms with Crippen molar-refractivity contribution >= 4 is 34.6 Å². The van der Waals surface area contributed by atoms with E-state index in [4.69, 9.17) is 11.6 Å². The predicted molar refractivity (Wildman–Crippen MR) is 93.2 cm³/mol. The summed E-state index contributed by atoms with van der Waals surface area (Å²) in [5.41, 5.74) is 0.605. The van der Waals surface area contributed by atoms with Gasteiger partial charge in [0.15, 0.2) is 17.5 Å². The van der Waals surface area contributed by atoms with Gasteiger partial charge in [0, 0.05) is 11.9 Å². The van der Waals surface area contributed by atoms with Gasteiger partial charge in [-0.15, -0.1) is 0 Å². The molecule has 3 rings (SSSR count). The van der Waals surface area contributed by atoms with Gasteiger partial charge < -0.3 is 10.6 Å². The molecule has 1 amide bonds. The Kier molecular flexibility index (Phi) is 5.09. The molecule has 0 spiro atoms. The van der Waals surface area contributed by atoms with Gasteiger partial charge in [0.1, 0.15) is 5.69 Å². The van der Waals surface area contributed by atoms with Crippen molar-refractivity contribution < 1.29 is 18.0 Å². The Balaban J connectivity index is 1.81. The minimum Gasteiger partial charge on any atom is -0.354 e. The lowest BCUT2D eigenvalue weighted by Gasteiger charge is -2.10. The van der Waals surface area contributed by atoms with Crippen LogP contribution in [0.2, 0.25) is 5.02 Å². The van der Waals surface area contributed by atoms with E-state index in [1.165, 1.54) is 12.3 Å². The lowest BCUT2D eigenvalue weighted by molar-refractivity contribution is 0.102. The van der Waals surface area contributed by atoms with Crippen molar-refractivity contribution in [1.29, 1.82) is 0 Å². The van der Waals surface area contributed by atoms with Crippen LogP contribution < -0.4 is 10.6 Å². The Morgan fingerprint density at radius 1 is 0.962 bits per heavy atom. The molecule has 0 aliphatic carbocycles. The van der Waals surface area contributed by atoms with E-state index in [9.17, 15) is 18.0 Å². The number of amides is 1. The van der Waals surface area contributed by atoms with Gasteiger partial charge in [-0.25, -0.2) is 13.2 Å². The zero-order chi connectivity index (χ0) is 18.7. The number of aromatic nitrogens is 1. The van der Waals surface area contributed by atoms with Gasteiger partial charge in [0.25, 0.3) is 5.91 Å². The minimum absolute atomic E-state index is 0.0498. The fourth-order valence-electron chi connectivity index (χ4n) is 2.16. The molecule has 2 N–H and O–H groups in total. The molecule has 132 valence electrons. The van der Waals surface area contributed by atoms with E-state index < -0.39 is 29.0 Å². The third-order valence-corrected chi connectivity index (χ3v) is 3.76. The van der Waals surface area contributed by atoms with Crippen molar-refractivity contribution in [3.63, 3.8) is 0 Å². The van der Waals surface area contributed by atoms with E-state index in [1.807, 2.05) is 0 Å². The zero-order valence-corrected chi connectivity index (χ0v) is 13.8.